The van der Waals surface area contributed by atoms with E-state index in [-0.39, 0.29) is 0 Å². The fourth-order valence-electron chi connectivity index (χ4n) is 1.97. The van der Waals surface area contributed by atoms with Crippen molar-refractivity contribution in [3.8, 4) is 0 Å². The second-order valence-electron chi connectivity index (χ2n) is 4.08. The van der Waals surface area contributed by atoms with Crippen molar-refractivity contribution in [3.63, 3.8) is 0 Å². The van der Waals surface area contributed by atoms with Crippen molar-refractivity contribution in [2.45, 2.75) is 26.2 Å². The van der Waals surface area contributed by atoms with E-state index in [0.717, 1.165) is 5.33 Å². The average molecular weight is 263 g/mol. The summed E-state index contributed by atoms with van der Waals surface area (Å²) in [6.45, 7) is 9.91. The van der Waals surface area contributed by atoms with Crippen LogP contribution in [-0.2, 0) is 0 Å². The first-order chi connectivity index (χ1) is 6.86. The van der Waals surface area contributed by atoms with Gasteiger partial charge >= 0.3 is 0 Å². The fraction of sp³-hybridized carbons (Fsp3) is 1.00. The molecule has 1 aliphatic heterocycles. The van der Waals surface area contributed by atoms with Crippen LogP contribution < -0.4 is 0 Å². The van der Waals surface area contributed by atoms with Gasteiger partial charge in [-0.3, -0.25) is 0 Å². The number of nitrogens with zero attached hydrogens (tertiary/aromatic N) is 2. The lowest BCUT2D eigenvalue weighted by Gasteiger charge is -2.20. The van der Waals surface area contributed by atoms with Crippen LogP contribution in [-0.4, -0.2) is 54.4 Å². The Morgan fingerprint density at radius 3 is 2.21 bits per heavy atom. The Labute approximate surface area is 96.8 Å². The maximum atomic E-state index is 3.51. The van der Waals surface area contributed by atoms with Crippen molar-refractivity contribution < 1.29 is 0 Å². The highest BCUT2D eigenvalue weighted by Gasteiger charge is 2.13. The standard InChI is InChI=1S/C11H23BrN2/c1-2-3-6-13-7-4-8-14(9-5-12)11-10-13/h2-11H2,1H3. The summed E-state index contributed by atoms with van der Waals surface area (Å²) in [5.41, 5.74) is 0. The van der Waals surface area contributed by atoms with Gasteiger partial charge in [0.05, 0.1) is 0 Å². The highest BCUT2D eigenvalue weighted by molar-refractivity contribution is 9.09. The SMILES string of the molecule is CCCCN1CCCN(CCBr)CC1. The Kier molecular flexibility index (Phi) is 6.82. The molecule has 1 fully saturated rings. The third-order valence-corrected chi connectivity index (χ3v) is 3.26. The second-order valence-corrected chi connectivity index (χ2v) is 4.87. The predicted molar refractivity (Wildman–Crippen MR) is 66.2 cm³/mol. The van der Waals surface area contributed by atoms with Crippen LogP contribution in [0.25, 0.3) is 0 Å². The third kappa shape index (κ3) is 4.76. The van der Waals surface area contributed by atoms with Crippen LogP contribution in [0.4, 0.5) is 0 Å². The van der Waals surface area contributed by atoms with E-state index in [1.54, 1.807) is 0 Å². The first kappa shape index (κ1) is 12.5. The molecule has 0 aromatic rings. The molecule has 1 heterocycles. The van der Waals surface area contributed by atoms with Gasteiger partial charge in [0, 0.05) is 25.0 Å². The molecule has 0 N–H and O–H groups in total. The molecule has 0 radical (unpaired) electrons. The molecule has 0 atom stereocenters. The summed E-state index contributed by atoms with van der Waals surface area (Å²) in [6.07, 6.45) is 4.02. The van der Waals surface area contributed by atoms with Crippen LogP contribution in [0, 0.1) is 0 Å². The van der Waals surface area contributed by atoms with Crippen molar-refractivity contribution in [2.24, 2.45) is 0 Å². The van der Waals surface area contributed by atoms with Gasteiger partial charge in [-0.2, -0.15) is 0 Å². The maximum Gasteiger partial charge on any atom is 0.0159 e. The molecule has 0 aliphatic carbocycles. The Bertz CT molecular complexity index is 141. The summed E-state index contributed by atoms with van der Waals surface area (Å²) in [6, 6.07) is 0. The van der Waals surface area contributed by atoms with Gasteiger partial charge in [-0.25, -0.2) is 0 Å². The molecule has 1 saturated heterocycles. The number of hydrogen-bond donors (Lipinski definition) is 0. The zero-order valence-electron chi connectivity index (χ0n) is 9.34. The minimum Gasteiger partial charge on any atom is -0.302 e. The minimum absolute atomic E-state index is 1.11. The normalized spacial score (nSPS) is 21.0. The molecule has 2 nitrogen and oxygen atoms in total. The highest BCUT2D eigenvalue weighted by atomic mass is 79.9. The lowest BCUT2D eigenvalue weighted by atomic mass is 10.3. The molecular weight excluding hydrogens is 240 g/mol. The van der Waals surface area contributed by atoms with E-state index in [9.17, 15) is 0 Å². The second kappa shape index (κ2) is 7.66. The Balaban J connectivity index is 2.19. The minimum atomic E-state index is 1.11. The van der Waals surface area contributed by atoms with E-state index in [0.29, 0.717) is 0 Å². The molecule has 0 aromatic heterocycles. The molecule has 1 aliphatic rings. The lowest BCUT2D eigenvalue weighted by Crippen LogP contribution is -2.32. The molecular formula is C11H23BrN2. The first-order valence-corrected chi connectivity index (χ1v) is 6.99. The molecule has 3 heteroatoms. The van der Waals surface area contributed by atoms with Crippen molar-refractivity contribution in [3.05, 3.63) is 0 Å². The average Bonchev–Trinajstić information content (AvgIpc) is 2.41. The topological polar surface area (TPSA) is 6.48 Å². The van der Waals surface area contributed by atoms with Crippen LogP contribution in [0.2, 0.25) is 0 Å². The summed E-state index contributed by atoms with van der Waals surface area (Å²) in [4.78, 5) is 5.19. The zero-order chi connectivity index (χ0) is 10.2. The molecule has 0 amide bonds. The molecule has 0 unspecified atom stereocenters. The van der Waals surface area contributed by atoms with Crippen molar-refractivity contribution in [1.29, 1.82) is 0 Å². The molecule has 14 heavy (non-hydrogen) atoms. The predicted octanol–water partition coefficient (Wildman–Crippen LogP) is 2.19. The summed E-state index contributed by atoms with van der Waals surface area (Å²) in [5.74, 6) is 0. The first-order valence-electron chi connectivity index (χ1n) is 5.87. The van der Waals surface area contributed by atoms with Gasteiger partial charge in [-0.05, 0) is 32.5 Å². The van der Waals surface area contributed by atoms with E-state index >= 15 is 0 Å². The summed E-state index contributed by atoms with van der Waals surface area (Å²) in [5, 5.41) is 1.11. The van der Waals surface area contributed by atoms with Crippen molar-refractivity contribution in [1.82, 2.24) is 9.80 Å². The van der Waals surface area contributed by atoms with Crippen molar-refractivity contribution >= 4 is 15.9 Å². The van der Waals surface area contributed by atoms with Gasteiger partial charge < -0.3 is 9.80 Å². The lowest BCUT2D eigenvalue weighted by molar-refractivity contribution is 0.261. The van der Waals surface area contributed by atoms with Crippen LogP contribution in [0.1, 0.15) is 26.2 Å². The maximum absolute atomic E-state index is 3.51. The summed E-state index contributed by atoms with van der Waals surface area (Å²) in [7, 11) is 0. The van der Waals surface area contributed by atoms with Gasteiger partial charge in [0.15, 0.2) is 0 Å². The fourth-order valence-corrected chi connectivity index (χ4v) is 2.47. The molecule has 0 aromatic carbocycles. The van der Waals surface area contributed by atoms with Gasteiger partial charge in [0.25, 0.3) is 0 Å². The molecule has 84 valence electrons. The van der Waals surface area contributed by atoms with E-state index in [2.05, 4.69) is 32.7 Å². The molecule has 0 spiro atoms. The number of hydrogen-bond acceptors (Lipinski definition) is 2. The molecule has 1 rings (SSSR count). The smallest absolute Gasteiger partial charge is 0.0159 e. The number of alkyl halides is 1. The third-order valence-electron chi connectivity index (χ3n) is 2.91. The molecule has 0 bridgehead atoms. The van der Waals surface area contributed by atoms with E-state index in [1.165, 1.54) is 58.5 Å². The largest absolute Gasteiger partial charge is 0.302 e. The van der Waals surface area contributed by atoms with Crippen molar-refractivity contribution in [2.75, 3.05) is 44.6 Å². The van der Waals surface area contributed by atoms with Gasteiger partial charge in [-0.1, -0.05) is 29.3 Å². The Morgan fingerprint density at radius 1 is 1.00 bits per heavy atom. The Morgan fingerprint density at radius 2 is 1.64 bits per heavy atom. The van der Waals surface area contributed by atoms with Gasteiger partial charge in [0.2, 0.25) is 0 Å². The number of unbranched alkanes of at least 4 members (excludes halogenated alkanes) is 1. The summed E-state index contributed by atoms with van der Waals surface area (Å²) >= 11 is 3.51. The van der Waals surface area contributed by atoms with E-state index < -0.39 is 0 Å². The van der Waals surface area contributed by atoms with Gasteiger partial charge in [0.1, 0.15) is 0 Å². The number of halogens is 1. The Hall–Kier alpha value is 0.400. The van der Waals surface area contributed by atoms with E-state index in [4.69, 9.17) is 0 Å². The van der Waals surface area contributed by atoms with Crippen LogP contribution in [0.3, 0.4) is 0 Å². The quantitative estimate of drug-likeness (QED) is 0.701. The van der Waals surface area contributed by atoms with Crippen LogP contribution >= 0.6 is 15.9 Å². The van der Waals surface area contributed by atoms with E-state index in [1.807, 2.05) is 0 Å². The molecule has 0 saturated carbocycles. The van der Waals surface area contributed by atoms with Crippen LogP contribution in [0.5, 0.6) is 0 Å². The monoisotopic (exact) mass is 262 g/mol. The highest BCUT2D eigenvalue weighted by Crippen LogP contribution is 2.04. The van der Waals surface area contributed by atoms with Crippen LogP contribution in [0.15, 0.2) is 0 Å². The zero-order valence-corrected chi connectivity index (χ0v) is 10.9. The van der Waals surface area contributed by atoms with Gasteiger partial charge in [-0.15, -0.1) is 0 Å². The number of rotatable bonds is 5. The summed E-state index contributed by atoms with van der Waals surface area (Å²) < 4.78 is 0.